The number of carbonyl (C=O) groups is 1. The largest absolute Gasteiger partial charge is 0.444 e. The van der Waals surface area contributed by atoms with Crippen molar-refractivity contribution in [1.29, 1.82) is 0 Å². The highest BCUT2D eigenvalue weighted by atomic mass is 32.2. The highest BCUT2D eigenvalue weighted by Crippen LogP contribution is 2.56. The molecule has 0 spiro atoms. The Hall–Kier alpha value is -4.52. The van der Waals surface area contributed by atoms with Crippen molar-refractivity contribution in [3.8, 4) is 0 Å². The van der Waals surface area contributed by atoms with Crippen LogP contribution in [-0.4, -0.2) is 31.3 Å². The minimum Gasteiger partial charge on any atom is -0.444 e. The summed E-state index contributed by atoms with van der Waals surface area (Å²) in [6, 6.07) is 33.1. The summed E-state index contributed by atoms with van der Waals surface area (Å²) in [5, 5.41) is 0. The lowest BCUT2D eigenvalue weighted by Gasteiger charge is -2.43. The monoisotopic (exact) mass is 627 g/mol. The number of esters is 1. The molecule has 6 heteroatoms. The van der Waals surface area contributed by atoms with Crippen LogP contribution in [0.15, 0.2) is 143 Å². The van der Waals surface area contributed by atoms with Gasteiger partial charge in [0.15, 0.2) is 5.60 Å². The molecule has 2 atom stereocenters. The highest BCUT2D eigenvalue weighted by Gasteiger charge is 2.58. The zero-order valence-corrected chi connectivity index (χ0v) is 26.7. The van der Waals surface area contributed by atoms with Crippen LogP contribution < -0.4 is 0 Å². The molecule has 2 aliphatic carbocycles. The van der Waals surface area contributed by atoms with Gasteiger partial charge in [-0.15, -0.1) is 0 Å². The van der Waals surface area contributed by atoms with Gasteiger partial charge in [-0.25, -0.2) is 13.2 Å². The molecule has 5 nitrogen and oxygen atoms in total. The molecule has 0 aromatic heterocycles. The zero-order valence-electron chi connectivity index (χ0n) is 25.9. The third-order valence-electron chi connectivity index (χ3n) is 9.43. The van der Waals surface area contributed by atoms with Crippen LogP contribution in [0.25, 0.3) is 5.57 Å². The number of nitrogens with zero attached hydrogens (tertiary/aromatic N) is 1. The number of aryl methyl sites for hydroxylation is 1. The molecule has 0 saturated carbocycles. The molecule has 3 aliphatic rings. The van der Waals surface area contributed by atoms with E-state index in [1.807, 2.05) is 97.9 Å². The van der Waals surface area contributed by atoms with Gasteiger partial charge < -0.3 is 4.74 Å². The quantitative estimate of drug-likeness (QED) is 0.194. The molecule has 4 aromatic rings. The Morgan fingerprint density at radius 1 is 0.870 bits per heavy atom. The summed E-state index contributed by atoms with van der Waals surface area (Å²) in [5.41, 5.74) is 5.85. The second kappa shape index (κ2) is 12.3. The van der Waals surface area contributed by atoms with E-state index in [-0.39, 0.29) is 11.4 Å². The van der Waals surface area contributed by atoms with Crippen LogP contribution in [0.5, 0.6) is 0 Å². The smallest absolute Gasteiger partial charge is 0.339 e. The fraction of sp³-hybridized carbons (Fsp3) is 0.225. The van der Waals surface area contributed by atoms with E-state index in [4.69, 9.17) is 4.74 Å². The van der Waals surface area contributed by atoms with E-state index < -0.39 is 27.6 Å². The maximum atomic E-state index is 14.8. The van der Waals surface area contributed by atoms with Gasteiger partial charge in [0.2, 0.25) is 10.0 Å². The topological polar surface area (TPSA) is 63.7 Å². The molecule has 0 saturated heterocycles. The summed E-state index contributed by atoms with van der Waals surface area (Å²) in [6.07, 6.45) is 10.7. The first-order chi connectivity index (χ1) is 22.4. The van der Waals surface area contributed by atoms with E-state index in [1.165, 1.54) is 5.57 Å². The zero-order chi connectivity index (χ0) is 31.7. The molecule has 0 fully saturated rings. The Labute approximate surface area is 271 Å². The van der Waals surface area contributed by atoms with Gasteiger partial charge in [-0.3, -0.25) is 0 Å². The average molecular weight is 628 g/mol. The van der Waals surface area contributed by atoms with Crippen molar-refractivity contribution in [3.05, 3.63) is 166 Å². The van der Waals surface area contributed by atoms with Gasteiger partial charge in [-0.1, -0.05) is 109 Å². The van der Waals surface area contributed by atoms with Crippen LogP contribution in [0.3, 0.4) is 0 Å². The van der Waals surface area contributed by atoms with Crippen molar-refractivity contribution < 1.29 is 17.9 Å². The molecule has 0 bridgehead atoms. The van der Waals surface area contributed by atoms with Gasteiger partial charge >= 0.3 is 5.97 Å². The summed E-state index contributed by atoms with van der Waals surface area (Å²) in [7, 11) is -4.04. The van der Waals surface area contributed by atoms with E-state index >= 15 is 0 Å². The third kappa shape index (κ3) is 5.25. The van der Waals surface area contributed by atoms with Crippen LogP contribution in [0.4, 0.5) is 0 Å². The first kappa shape index (κ1) is 30.2. The van der Waals surface area contributed by atoms with E-state index in [2.05, 4.69) is 12.1 Å². The number of rotatable bonds is 7. The predicted molar refractivity (Wildman–Crippen MR) is 182 cm³/mol. The van der Waals surface area contributed by atoms with Gasteiger partial charge in [-0.05, 0) is 85.6 Å². The first-order valence-electron chi connectivity index (χ1n) is 16.0. The Kier molecular flexibility index (Phi) is 8.09. The lowest BCUT2D eigenvalue weighted by molar-refractivity contribution is -0.0304. The third-order valence-corrected chi connectivity index (χ3v) is 11.3. The molecule has 0 radical (unpaired) electrons. The van der Waals surface area contributed by atoms with Gasteiger partial charge in [0.05, 0.1) is 16.5 Å². The van der Waals surface area contributed by atoms with Crippen molar-refractivity contribution in [1.82, 2.24) is 4.31 Å². The van der Waals surface area contributed by atoms with Gasteiger partial charge in [0.25, 0.3) is 0 Å². The van der Waals surface area contributed by atoms with Crippen LogP contribution >= 0.6 is 0 Å². The Balaban J connectivity index is 1.52. The van der Waals surface area contributed by atoms with Crippen LogP contribution in [0, 0.1) is 6.92 Å². The van der Waals surface area contributed by atoms with Gasteiger partial charge in [0, 0.05) is 17.7 Å². The number of hydrogen-bond acceptors (Lipinski definition) is 4. The molecule has 46 heavy (non-hydrogen) atoms. The van der Waals surface area contributed by atoms with E-state index in [1.54, 1.807) is 28.6 Å². The van der Waals surface area contributed by atoms with Gasteiger partial charge in [0.1, 0.15) is 0 Å². The second-order valence-electron chi connectivity index (χ2n) is 12.3. The van der Waals surface area contributed by atoms with Crippen molar-refractivity contribution >= 4 is 21.6 Å². The molecular formula is C40H37NO4S. The SMILES string of the molecule is Cc1ccc(S(=O)(=O)N2CC=CC3=C(C4=CCCCC4)c4ccccc4[C@@]3(OC(=O)c3ccccc3)[C@@H]2Cc2ccccc2)cc1. The van der Waals surface area contributed by atoms with Crippen molar-refractivity contribution in [2.24, 2.45) is 0 Å². The number of benzene rings is 4. The van der Waals surface area contributed by atoms with Crippen molar-refractivity contribution in [2.45, 2.75) is 55.6 Å². The summed E-state index contributed by atoms with van der Waals surface area (Å²) in [6.45, 7) is 2.08. The lowest BCUT2D eigenvalue weighted by atomic mass is 9.79. The van der Waals surface area contributed by atoms with Crippen LogP contribution in [0.1, 0.15) is 58.3 Å². The second-order valence-corrected chi connectivity index (χ2v) is 14.2. The molecule has 1 heterocycles. The fourth-order valence-electron chi connectivity index (χ4n) is 7.23. The summed E-state index contributed by atoms with van der Waals surface area (Å²) < 4.78 is 38.0. The molecule has 232 valence electrons. The normalized spacial score (nSPS) is 21.2. The van der Waals surface area contributed by atoms with E-state index in [9.17, 15) is 13.2 Å². The molecule has 1 aliphatic heterocycles. The minimum absolute atomic E-state index is 0.135. The average Bonchev–Trinajstić information content (AvgIpc) is 3.26. The predicted octanol–water partition coefficient (Wildman–Crippen LogP) is 8.19. The number of fused-ring (bicyclic) bond motifs is 3. The Morgan fingerprint density at radius 3 is 2.28 bits per heavy atom. The van der Waals surface area contributed by atoms with E-state index in [0.29, 0.717) is 12.0 Å². The fourth-order valence-corrected chi connectivity index (χ4v) is 8.83. The summed E-state index contributed by atoms with van der Waals surface area (Å²) >= 11 is 0. The van der Waals surface area contributed by atoms with Crippen LogP contribution in [-0.2, 0) is 26.8 Å². The van der Waals surface area contributed by atoms with Crippen LogP contribution in [0.2, 0.25) is 0 Å². The Bertz CT molecular complexity index is 1960. The number of ether oxygens (including phenoxy) is 1. The summed E-state index contributed by atoms with van der Waals surface area (Å²) in [5.74, 6) is -0.493. The van der Waals surface area contributed by atoms with E-state index in [0.717, 1.165) is 59.1 Å². The molecule has 0 unspecified atom stereocenters. The molecule has 7 rings (SSSR count). The number of carbonyl (C=O) groups excluding carboxylic acids is 1. The Morgan fingerprint density at radius 2 is 1.57 bits per heavy atom. The highest BCUT2D eigenvalue weighted by molar-refractivity contribution is 7.89. The van der Waals surface area contributed by atoms with Crippen molar-refractivity contribution in [2.75, 3.05) is 6.54 Å². The number of allylic oxidation sites excluding steroid dienone is 3. The summed E-state index contributed by atoms with van der Waals surface area (Å²) in [4.78, 5) is 14.5. The number of hydrogen-bond donors (Lipinski definition) is 0. The molecule has 4 aromatic carbocycles. The molecule has 0 amide bonds. The molecular weight excluding hydrogens is 591 g/mol. The van der Waals surface area contributed by atoms with Crippen molar-refractivity contribution in [3.63, 3.8) is 0 Å². The molecule has 0 N–H and O–H groups in total. The maximum absolute atomic E-state index is 14.8. The van der Waals surface area contributed by atoms with Gasteiger partial charge in [-0.2, -0.15) is 4.31 Å². The number of sulfonamides is 1. The standard InChI is InChI=1S/C40H37NO4S/c1-29-23-25-33(26-24-29)46(43,44)41-27-13-22-36-38(31-16-7-3-8-17-31)34-20-11-12-21-35(34)40(36,37(41)28-30-14-5-2-6-15-30)45-39(42)32-18-9-4-10-19-32/h2,4-6,9-16,18-26,37H,3,7-8,17,27-28H2,1H3/t37-,40-/m0/s1. The maximum Gasteiger partial charge on any atom is 0.339 e. The first-order valence-corrected chi connectivity index (χ1v) is 17.4. The minimum atomic E-state index is -4.04. The lowest BCUT2D eigenvalue weighted by Crippen LogP contribution is -2.55.